The third-order valence-corrected chi connectivity index (χ3v) is 5.22. The summed E-state index contributed by atoms with van der Waals surface area (Å²) in [6.45, 7) is 4.52. The van der Waals surface area contributed by atoms with Gasteiger partial charge in [0.2, 0.25) is 5.90 Å². The summed E-state index contributed by atoms with van der Waals surface area (Å²) >= 11 is 0. The molecule has 0 saturated carbocycles. The smallest absolute Gasteiger partial charge is 0.201 e. The zero-order chi connectivity index (χ0) is 19.2. The molecule has 1 heterocycles. The molecule has 0 unspecified atom stereocenters. The number of benzene rings is 3. The van der Waals surface area contributed by atoms with Crippen molar-refractivity contribution in [2.24, 2.45) is 4.99 Å². The maximum Gasteiger partial charge on any atom is 0.201 e. The Bertz CT molecular complexity index is 852. The molecule has 3 aromatic carbocycles. The molecule has 0 N–H and O–H groups in total. The predicted octanol–water partition coefficient (Wildman–Crippen LogP) is 5.25. The molecule has 0 fully saturated rings. The molecular formula is C25H26N2O. The highest BCUT2D eigenvalue weighted by Gasteiger charge is 2.28. The molecule has 1 aliphatic rings. The molecule has 1 aliphatic heterocycles. The van der Waals surface area contributed by atoms with Crippen molar-refractivity contribution < 1.29 is 4.74 Å². The van der Waals surface area contributed by atoms with E-state index in [1.54, 1.807) is 0 Å². The van der Waals surface area contributed by atoms with E-state index in [1.165, 1.54) is 16.7 Å². The molecule has 3 aromatic rings. The van der Waals surface area contributed by atoms with Crippen LogP contribution in [0.3, 0.4) is 0 Å². The van der Waals surface area contributed by atoms with E-state index < -0.39 is 0 Å². The van der Waals surface area contributed by atoms with Crippen molar-refractivity contribution in [3.8, 4) is 0 Å². The van der Waals surface area contributed by atoms with E-state index >= 15 is 0 Å². The number of aliphatic imine (C=N–C) groups is 1. The van der Waals surface area contributed by atoms with Gasteiger partial charge in [-0.05, 0) is 23.6 Å². The predicted molar refractivity (Wildman–Crippen MR) is 114 cm³/mol. The lowest BCUT2D eigenvalue weighted by molar-refractivity contribution is 0.203. The average Bonchev–Trinajstić information content (AvgIpc) is 3.25. The van der Waals surface area contributed by atoms with Crippen molar-refractivity contribution in [3.63, 3.8) is 0 Å². The summed E-state index contributed by atoms with van der Waals surface area (Å²) < 4.78 is 6.05. The summed E-state index contributed by atoms with van der Waals surface area (Å²) in [4.78, 5) is 7.34. The minimum absolute atomic E-state index is 0.0916. The lowest BCUT2D eigenvalue weighted by Gasteiger charge is -2.28. The quantitative estimate of drug-likeness (QED) is 0.568. The van der Waals surface area contributed by atoms with Crippen LogP contribution in [0.4, 0.5) is 0 Å². The van der Waals surface area contributed by atoms with Crippen molar-refractivity contribution in [1.82, 2.24) is 4.90 Å². The van der Waals surface area contributed by atoms with Crippen LogP contribution in [0.15, 0.2) is 96.0 Å². The fraction of sp³-hybridized carbons (Fsp3) is 0.240. The second-order valence-electron chi connectivity index (χ2n) is 7.26. The second-order valence-corrected chi connectivity index (χ2v) is 7.26. The Kier molecular flexibility index (Phi) is 5.83. The van der Waals surface area contributed by atoms with Crippen LogP contribution >= 0.6 is 0 Å². The lowest BCUT2D eigenvalue weighted by atomic mass is 10.1. The molecule has 0 radical (unpaired) electrons. The highest BCUT2D eigenvalue weighted by atomic mass is 16.5. The van der Waals surface area contributed by atoms with Gasteiger partial charge in [-0.3, -0.25) is 4.90 Å². The van der Waals surface area contributed by atoms with Gasteiger partial charge in [-0.25, -0.2) is 4.99 Å². The summed E-state index contributed by atoms with van der Waals surface area (Å²) in [5.41, 5.74) is 3.80. The SMILES string of the molecule is C[C@@H](C1=N[C@H](c2ccccc2)CO1)N(Cc1ccccc1)Cc1ccccc1. The van der Waals surface area contributed by atoms with Crippen LogP contribution in [-0.4, -0.2) is 23.4 Å². The number of nitrogens with zero attached hydrogens (tertiary/aromatic N) is 2. The number of hydrogen-bond donors (Lipinski definition) is 0. The topological polar surface area (TPSA) is 24.8 Å². The first-order valence-corrected chi connectivity index (χ1v) is 9.87. The average molecular weight is 370 g/mol. The highest BCUT2D eigenvalue weighted by Crippen LogP contribution is 2.25. The first kappa shape index (κ1) is 18.5. The van der Waals surface area contributed by atoms with Crippen molar-refractivity contribution in [3.05, 3.63) is 108 Å². The van der Waals surface area contributed by atoms with Gasteiger partial charge in [0.1, 0.15) is 12.6 Å². The van der Waals surface area contributed by atoms with Gasteiger partial charge in [0.05, 0.1) is 6.04 Å². The molecule has 0 bridgehead atoms. The summed E-state index contributed by atoms with van der Waals surface area (Å²) in [7, 11) is 0. The molecule has 3 heteroatoms. The van der Waals surface area contributed by atoms with Crippen molar-refractivity contribution >= 4 is 5.90 Å². The Hall–Kier alpha value is -2.91. The van der Waals surface area contributed by atoms with E-state index in [9.17, 15) is 0 Å². The molecular weight excluding hydrogens is 344 g/mol. The summed E-state index contributed by atoms with van der Waals surface area (Å²) in [6.07, 6.45) is 0. The molecule has 0 saturated heterocycles. The molecule has 0 aromatic heterocycles. The number of ether oxygens (including phenoxy) is 1. The van der Waals surface area contributed by atoms with Gasteiger partial charge in [0, 0.05) is 13.1 Å². The van der Waals surface area contributed by atoms with Crippen LogP contribution in [0.5, 0.6) is 0 Å². The molecule has 3 nitrogen and oxygen atoms in total. The molecule has 28 heavy (non-hydrogen) atoms. The summed E-state index contributed by atoms with van der Waals surface area (Å²) in [6, 6.07) is 31.8. The van der Waals surface area contributed by atoms with Gasteiger partial charge in [-0.2, -0.15) is 0 Å². The second kappa shape index (κ2) is 8.85. The summed E-state index contributed by atoms with van der Waals surface area (Å²) in [5.74, 6) is 0.834. The fourth-order valence-corrected chi connectivity index (χ4v) is 3.59. The number of rotatable bonds is 7. The van der Waals surface area contributed by atoms with Gasteiger partial charge in [0.25, 0.3) is 0 Å². The normalized spacial score (nSPS) is 17.2. The lowest BCUT2D eigenvalue weighted by Crippen LogP contribution is -2.38. The highest BCUT2D eigenvalue weighted by molar-refractivity contribution is 5.83. The largest absolute Gasteiger partial charge is 0.477 e. The summed E-state index contributed by atoms with van der Waals surface area (Å²) in [5, 5.41) is 0. The molecule has 0 spiro atoms. The Labute approximate surface area is 167 Å². The zero-order valence-corrected chi connectivity index (χ0v) is 16.2. The van der Waals surface area contributed by atoms with Gasteiger partial charge >= 0.3 is 0 Å². The maximum absolute atomic E-state index is 6.05. The standard InChI is InChI=1S/C25H26N2O/c1-20(25-26-24(19-28-25)23-15-9-4-10-16-23)27(17-21-11-5-2-6-12-21)18-22-13-7-3-8-14-22/h2-16,20,24H,17-19H2,1H3/t20-,24-/m0/s1. The van der Waals surface area contributed by atoms with Crippen molar-refractivity contribution in [2.45, 2.75) is 32.1 Å². The van der Waals surface area contributed by atoms with Crippen LogP contribution in [0, 0.1) is 0 Å². The van der Waals surface area contributed by atoms with Crippen LogP contribution in [-0.2, 0) is 17.8 Å². The van der Waals surface area contributed by atoms with E-state index in [0.29, 0.717) is 6.61 Å². The van der Waals surface area contributed by atoms with Gasteiger partial charge in [-0.1, -0.05) is 91.0 Å². The molecule has 0 amide bonds. The first-order valence-electron chi connectivity index (χ1n) is 9.87. The van der Waals surface area contributed by atoms with E-state index in [1.807, 2.05) is 6.07 Å². The Morgan fingerprint density at radius 2 is 1.32 bits per heavy atom. The first-order chi connectivity index (χ1) is 13.8. The third kappa shape index (κ3) is 4.49. The molecule has 4 rings (SSSR count). The third-order valence-electron chi connectivity index (χ3n) is 5.22. The van der Waals surface area contributed by atoms with Crippen LogP contribution < -0.4 is 0 Å². The van der Waals surface area contributed by atoms with Crippen LogP contribution in [0.1, 0.15) is 29.7 Å². The zero-order valence-electron chi connectivity index (χ0n) is 16.2. The van der Waals surface area contributed by atoms with Crippen molar-refractivity contribution in [1.29, 1.82) is 0 Å². The minimum Gasteiger partial charge on any atom is -0.477 e. The Balaban J connectivity index is 1.55. The van der Waals surface area contributed by atoms with Crippen LogP contribution in [0.25, 0.3) is 0 Å². The van der Waals surface area contributed by atoms with Crippen LogP contribution in [0.2, 0.25) is 0 Å². The van der Waals surface area contributed by atoms with E-state index in [0.717, 1.165) is 19.0 Å². The van der Waals surface area contributed by atoms with Gasteiger partial charge in [-0.15, -0.1) is 0 Å². The molecule has 142 valence electrons. The van der Waals surface area contributed by atoms with Gasteiger partial charge in [0.15, 0.2) is 0 Å². The van der Waals surface area contributed by atoms with Crippen molar-refractivity contribution in [2.75, 3.05) is 6.61 Å². The molecule has 2 atom stereocenters. The fourth-order valence-electron chi connectivity index (χ4n) is 3.59. The monoisotopic (exact) mass is 370 g/mol. The maximum atomic E-state index is 6.05. The Morgan fingerprint density at radius 3 is 1.86 bits per heavy atom. The van der Waals surface area contributed by atoms with E-state index in [-0.39, 0.29) is 12.1 Å². The Morgan fingerprint density at radius 1 is 0.821 bits per heavy atom. The molecule has 0 aliphatic carbocycles. The number of hydrogen-bond acceptors (Lipinski definition) is 3. The van der Waals surface area contributed by atoms with E-state index in [2.05, 4.69) is 96.8 Å². The minimum atomic E-state index is 0.0916. The van der Waals surface area contributed by atoms with E-state index in [4.69, 9.17) is 9.73 Å². The van der Waals surface area contributed by atoms with Gasteiger partial charge < -0.3 is 4.74 Å².